The average molecular weight is 676 g/mol. The second-order valence-electron chi connectivity index (χ2n) is 15.3. The zero-order valence-electron chi connectivity index (χ0n) is 30.4. The van der Waals surface area contributed by atoms with Gasteiger partial charge in [0.25, 0.3) is 0 Å². The molecule has 1 N–H and O–H groups in total. The standard InChI is InChI=1S/C40H54FN3O5/c1-27-34(37(38(45)46)49-39(2,3)4)36(44-23-19-40(5,6)20-24-44)35(33(42-27)26-43-21-16-31(47-7)17-22-43)29-10-14-32(15-11-29)48-25-18-28-8-12-30(41)13-9-28/h8-15,31,37H,16-26H2,1-7H3,(H,45,46). The fourth-order valence-electron chi connectivity index (χ4n) is 6.91. The van der Waals surface area contributed by atoms with E-state index < -0.39 is 17.7 Å². The van der Waals surface area contributed by atoms with Crippen LogP contribution in [0.25, 0.3) is 11.1 Å². The van der Waals surface area contributed by atoms with E-state index in [-0.39, 0.29) is 17.3 Å². The van der Waals surface area contributed by atoms with Gasteiger partial charge < -0.3 is 24.2 Å². The van der Waals surface area contributed by atoms with Crippen LogP contribution >= 0.6 is 0 Å². The SMILES string of the molecule is COC1CCN(Cc2nc(C)c(C(OC(C)(C)C)C(=O)O)c(N3CCC(C)(C)CC3)c2-c2ccc(OCCc3ccc(F)cc3)cc2)CC1. The van der Waals surface area contributed by atoms with Crippen LogP contribution in [0.3, 0.4) is 0 Å². The van der Waals surface area contributed by atoms with Gasteiger partial charge in [0.05, 0.1) is 29.7 Å². The highest BCUT2D eigenvalue weighted by Gasteiger charge is 2.37. The molecule has 3 heterocycles. The van der Waals surface area contributed by atoms with Gasteiger partial charge in [-0.2, -0.15) is 0 Å². The van der Waals surface area contributed by atoms with Crippen molar-refractivity contribution in [1.29, 1.82) is 0 Å². The predicted octanol–water partition coefficient (Wildman–Crippen LogP) is 8.00. The molecule has 8 nitrogen and oxygen atoms in total. The number of carboxylic acids is 1. The van der Waals surface area contributed by atoms with Crippen LogP contribution < -0.4 is 9.64 Å². The van der Waals surface area contributed by atoms with Gasteiger partial charge in [0.2, 0.25) is 0 Å². The van der Waals surface area contributed by atoms with Gasteiger partial charge in [0.15, 0.2) is 6.10 Å². The normalized spacial score (nSPS) is 18.0. The van der Waals surface area contributed by atoms with Crippen LogP contribution in [-0.4, -0.2) is 72.6 Å². The lowest BCUT2D eigenvalue weighted by Crippen LogP contribution is -2.40. The van der Waals surface area contributed by atoms with Gasteiger partial charge in [-0.25, -0.2) is 9.18 Å². The minimum absolute atomic E-state index is 0.203. The molecule has 1 atom stereocenters. The Bertz CT molecular complexity index is 1550. The predicted molar refractivity (Wildman–Crippen MR) is 192 cm³/mol. The molecule has 0 spiro atoms. The summed E-state index contributed by atoms with van der Waals surface area (Å²) in [6, 6.07) is 14.5. The van der Waals surface area contributed by atoms with Crippen molar-refractivity contribution in [2.45, 2.75) is 98.0 Å². The van der Waals surface area contributed by atoms with Crippen LogP contribution in [0.1, 0.15) is 88.9 Å². The third-order valence-electron chi connectivity index (χ3n) is 9.82. The molecule has 0 radical (unpaired) electrons. The number of ether oxygens (including phenoxy) is 3. The molecule has 0 amide bonds. The number of halogens is 1. The smallest absolute Gasteiger partial charge is 0.337 e. The molecule has 2 aliphatic heterocycles. The molecular formula is C40H54FN3O5. The molecule has 0 saturated carbocycles. The third-order valence-corrected chi connectivity index (χ3v) is 9.82. The number of hydrogen-bond acceptors (Lipinski definition) is 7. The molecule has 0 bridgehead atoms. The molecule has 2 aliphatic rings. The van der Waals surface area contributed by atoms with Gasteiger partial charge in [-0.1, -0.05) is 38.1 Å². The molecular weight excluding hydrogens is 621 g/mol. The van der Waals surface area contributed by atoms with Crippen LogP contribution in [-0.2, 0) is 27.2 Å². The minimum atomic E-state index is -1.18. The highest BCUT2D eigenvalue weighted by molar-refractivity contribution is 5.88. The number of hydrogen-bond donors (Lipinski definition) is 1. The maximum absolute atomic E-state index is 13.3. The van der Waals surface area contributed by atoms with E-state index in [9.17, 15) is 14.3 Å². The number of pyridine rings is 1. The Kier molecular flexibility index (Phi) is 11.7. The van der Waals surface area contributed by atoms with Gasteiger partial charge in [0.1, 0.15) is 11.6 Å². The summed E-state index contributed by atoms with van der Waals surface area (Å²) in [7, 11) is 1.78. The lowest BCUT2D eigenvalue weighted by atomic mass is 9.81. The fraction of sp³-hybridized carbons (Fsp3) is 0.550. The van der Waals surface area contributed by atoms with Crippen molar-refractivity contribution in [3.05, 3.63) is 76.9 Å². The number of carbonyl (C=O) groups is 1. The van der Waals surface area contributed by atoms with Gasteiger partial charge >= 0.3 is 5.97 Å². The second kappa shape index (κ2) is 15.6. The van der Waals surface area contributed by atoms with Gasteiger partial charge in [-0.3, -0.25) is 9.88 Å². The summed E-state index contributed by atoms with van der Waals surface area (Å²) >= 11 is 0. The zero-order valence-corrected chi connectivity index (χ0v) is 30.4. The van der Waals surface area contributed by atoms with Crippen molar-refractivity contribution in [2.24, 2.45) is 5.41 Å². The summed E-state index contributed by atoms with van der Waals surface area (Å²) in [5.41, 5.74) is 5.59. The lowest BCUT2D eigenvalue weighted by Gasteiger charge is -2.41. The number of methoxy groups -OCH3 is 1. The average Bonchev–Trinajstić information content (AvgIpc) is 3.05. The Labute approximate surface area is 291 Å². The van der Waals surface area contributed by atoms with Gasteiger partial charge in [-0.05, 0) is 94.2 Å². The molecule has 1 unspecified atom stereocenters. The Morgan fingerprint density at radius 3 is 2.22 bits per heavy atom. The van der Waals surface area contributed by atoms with Crippen molar-refractivity contribution in [2.75, 3.05) is 44.8 Å². The van der Waals surface area contributed by atoms with Crippen molar-refractivity contribution in [1.82, 2.24) is 9.88 Å². The zero-order chi connectivity index (χ0) is 35.3. The molecule has 5 rings (SSSR count). The quantitative estimate of drug-likeness (QED) is 0.207. The van der Waals surface area contributed by atoms with E-state index in [1.165, 1.54) is 12.1 Å². The number of benzene rings is 2. The maximum Gasteiger partial charge on any atom is 0.337 e. The summed E-state index contributed by atoms with van der Waals surface area (Å²) in [5.74, 6) is -0.543. The van der Waals surface area contributed by atoms with Crippen LogP contribution in [0, 0.1) is 18.2 Å². The lowest BCUT2D eigenvalue weighted by molar-refractivity contribution is -0.160. The van der Waals surface area contributed by atoms with Crippen LogP contribution in [0.2, 0.25) is 0 Å². The molecule has 2 fully saturated rings. The molecule has 9 heteroatoms. The van der Waals surface area contributed by atoms with Crippen molar-refractivity contribution < 1.29 is 28.5 Å². The summed E-state index contributed by atoms with van der Waals surface area (Å²) in [4.78, 5) is 23.0. The first-order valence-corrected chi connectivity index (χ1v) is 17.6. The fourth-order valence-corrected chi connectivity index (χ4v) is 6.91. The molecule has 49 heavy (non-hydrogen) atoms. The van der Waals surface area contributed by atoms with Crippen LogP contribution in [0.4, 0.5) is 10.1 Å². The first-order chi connectivity index (χ1) is 23.2. The Balaban J connectivity index is 1.58. The molecule has 0 aliphatic carbocycles. The largest absolute Gasteiger partial charge is 0.493 e. The maximum atomic E-state index is 13.3. The number of aliphatic carboxylic acids is 1. The number of aromatic nitrogens is 1. The van der Waals surface area contributed by atoms with E-state index >= 15 is 0 Å². The van der Waals surface area contributed by atoms with Crippen LogP contribution in [0.15, 0.2) is 48.5 Å². The van der Waals surface area contributed by atoms with Crippen molar-refractivity contribution in [3.63, 3.8) is 0 Å². The Hall–Kier alpha value is -3.53. The van der Waals surface area contributed by atoms with Crippen molar-refractivity contribution >= 4 is 11.7 Å². The monoisotopic (exact) mass is 675 g/mol. The van der Waals surface area contributed by atoms with E-state index in [1.807, 2.05) is 39.8 Å². The number of nitrogens with zero attached hydrogens (tertiary/aromatic N) is 3. The molecule has 2 aromatic carbocycles. The van der Waals surface area contributed by atoms with E-state index in [0.29, 0.717) is 30.8 Å². The summed E-state index contributed by atoms with van der Waals surface area (Å²) in [6.45, 7) is 16.7. The second-order valence-corrected chi connectivity index (χ2v) is 15.3. The number of aryl methyl sites for hydroxylation is 1. The topological polar surface area (TPSA) is 84.4 Å². The Morgan fingerprint density at radius 2 is 1.65 bits per heavy atom. The highest BCUT2D eigenvalue weighted by atomic mass is 19.1. The minimum Gasteiger partial charge on any atom is -0.493 e. The van der Waals surface area contributed by atoms with E-state index in [1.54, 1.807) is 19.2 Å². The number of carboxylic acid groups (broad SMARTS) is 1. The molecule has 2 saturated heterocycles. The summed E-state index contributed by atoms with van der Waals surface area (Å²) in [6.07, 6.45) is 3.65. The van der Waals surface area contributed by atoms with Crippen LogP contribution in [0.5, 0.6) is 5.75 Å². The first kappa shape index (κ1) is 36.7. The highest BCUT2D eigenvalue weighted by Crippen LogP contribution is 2.45. The van der Waals surface area contributed by atoms with E-state index in [4.69, 9.17) is 19.2 Å². The molecule has 1 aromatic heterocycles. The number of piperidine rings is 2. The molecule has 3 aromatic rings. The third kappa shape index (κ3) is 9.59. The number of rotatable bonds is 12. The molecule has 266 valence electrons. The van der Waals surface area contributed by atoms with E-state index in [2.05, 4.69) is 35.8 Å². The Morgan fingerprint density at radius 1 is 1.02 bits per heavy atom. The summed E-state index contributed by atoms with van der Waals surface area (Å²) in [5, 5.41) is 10.6. The van der Waals surface area contributed by atoms with Crippen molar-refractivity contribution in [3.8, 4) is 16.9 Å². The number of likely N-dealkylation sites (tertiary alicyclic amines) is 1. The van der Waals surface area contributed by atoms with Gasteiger partial charge in [0, 0.05) is 63.1 Å². The van der Waals surface area contributed by atoms with Gasteiger partial charge in [-0.15, -0.1) is 0 Å². The summed E-state index contributed by atoms with van der Waals surface area (Å²) < 4.78 is 31.4. The number of anilines is 1. The van der Waals surface area contributed by atoms with E-state index in [0.717, 1.165) is 85.7 Å². The first-order valence-electron chi connectivity index (χ1n) is 17.6.